The van der Waals surface area contributed by atoms with Crippen LogP contribution in [-0.4, -0.2) is 54.7 Å². The molecule has 168 valence electrons. The third kappa shape index (κ3) is 3.55. The second kappa shape index (κ2) is 8.22. The van der Waals surface area contributed by atoms with Crippen LogP contribution in [0.1, 0.15) is 71.6 Å². The maximum atomic E-state index is 13.4. The van der Waals surface area contributed by atoms with Crippen LogP contribution in [0.15, 0.2) is 0 Å². The van der Waals surface area contributed by atoms with Crippen LogP contribution in [0, 0.1) is 46.8 Å². The van der Waals surface area contributed by atoms with Gasteiger partial charge in [-0.25, -0.2) is 0 Å². The molecular formula is C26H42N2O2. The number of hydrogen-bond donors (Lipinski definition) is 0. The summed E-state index contributed by atoms with van der Waals surface area (Å²) in [6.45, 7) is 8.80. The monoisotopic (exact) mass is 414 g/mol. The van der Waals surface area contributed by atoms with Crippen molar-refractivity contribution >= 4 is 12.2 Å². The lowest BCUT2D eigenvalue weighted by atomic mass is 9.49. The van der Waals surface area contributed by atoms with Gasteiger partial charge in [0.2, 0.25) is 6.41 Å². The van der Waals surface area contributed by atoms with E-state index in [0.29, 0.717) is 12.3 Å². The summed E-state index contributed by atoms with van der Waals surface area (Å²) in [5.74, 6) is 6.36. The van der Waals surface area contributed by atoms with Crippen LogP contribution in [0.2, 0.25) is 0 Å². The van der Waals surface area contributed by atoms with Crippen LogP contribution in [-0.2, 0) is 9.59 Å². The van der Waals surface area contributed by atoms with Crippen LogP contribution < -0.4 is 0 Å². The highest BCUT2D eigenvalue weighted by Crippen LogP contribution is 2.64. The Hall–Kier alpha value is -0.900. The molecule has 0 radical (unpaired) electrons. The average molecular weight is 415 g/mol. The van der Waals surface area contributed by atoms with Crippen molar-refractivity contribution in [2.24, 2.45) is 46.8 Å². The predicted molar refractivity (Wildman–Crippen MR) is 119 cm³/mol. The maximum Gasteiger partial charge on any atom is 0.209 e. The highest BCUT2D eigenvalue weighted by Gasteiger charge is 2.58. The number of hydrogen-bond acceptors (Lipinski definition) is 3. The van der Waals surface area contributed by atoms with Gasteiger partial charge in [-0.1, -0.05) is 20.3 Å². The summed E-state index contributed by atoms with van der Waals surface area (Å²) < 4.78 is 0. The summed E-state index contributed by atoms with van der Waals surface area (Å²) in [6, 6.07) is 0. The molecule has 5 fully saturated rings. The molecule has 0 bridgehead atoms. The van der Waals surface area contributed by atoms with Gasteiger partial charge in [-0.2, -0.15) is 0 Å². The van der Waals surface area contributed by atoms with E-state index in [4.69, 9.17) is 0 Å². The van der Waals surface area contributed by atoms with E-state index in [2.05, 4.69) is 18.7 Å². The van der Waals surface area contributed by atoms with Crippen molar-refractivity contribution in [3.63, 3.8) is 0 Å². The van der Waals surface area contributed by atoms with Crippen molar-refractivity contribution in [1.29, 1.82) is 0 Å². The maximum absolute atomic E-state index is 13.4. The van der Waals surface area contributed by atoms with Gasteiger partial charge in [0.25, 0.3) is 0 Å². The summed E-state index contributed by atoms with van der Waals surface area (Å²) in [5, 5.41) is 0. The third-order valence-corrected chi connectivity index (χ3v) is 10.5. The lowest BCUT2D eigenvalue weighted by Gasteiger charge is -2.56. The van der Waals surface area contributed by atoms with Gasteiger partial charge >= 0.3 is 0 Å². The molecule has 8 unspecified atom stereocenters. The Labute approximate surface area is 183 Å². The second-order valence-electron chi connectivity index (χ2n) is 11.9. The van der Waals surface area contributed by atoms with Crippen LogP contribution >= 0.6 is 0 Å². The van der Waals surface area contributed by atoms with Crippen molar-refractivity contribution < 1.29 is 9.59 Å². The topological polar surface area (TPSA) is 40.6 Å². The van der Waals surface area contributed by atoms with E-state index in [9.17, 15) is 9.59 Å². The van der Waals surface area contributed by atoms with Gasteiger partial charge in [0.05, 0.1) is 6.54 Å². The van der Waals surface area contributed by atoms with E-state index in [1.165, 1.54) is 51.4 Å². The first-order chi connectivity index (χ1) is 14.5. The minimum atomic E-state index is 0.248. The Morgan fingerprint density at radius 3 is 2.47 bits per heavy atom. The first-order valence-electron chi connectivity index (χ1n) is 12.9. The van der Waals surface area contributed by atoms with Gasteiger partial charge in [0.15, 0.2) is 0 Å². The van der Waals surface area contributed by atoms with E-state index in [-0.39, 0.29) is 11.3 Å². The Balaban J connectivity index is 1.24. The molecular weight excluding hydrogens is 372 g/mol. The fourth-order valence-electron chi connectivity index (χ4n) is 8.97. The van der Waals surface area contributed by atoms with Gasteiger partial charge in [-0.05, 0) is 92.3 Å². The number of rotatable bonds is 4. The molecule has 5 aliphatic rings. The molecule has 1 aliphatic heterocycles. The van der Waals surface area contributed by atoms with Crippen LogP contribution in [0.5, 0.6) is 0 Å². The minimum absolute atomic E-state index is 0.248. The summed E-state index contributed by atoms with van der Waals surface area (Å²) in [5.41, 5.74) is 0.248. The molecule has 8 atom stereocenters. The Kier molecular flexibility index (Phi) is 5.75. The summed E-state index contributed by atoms with van der Waals surface area (Å²) >= 11 is 0. The summed E-state index contributed by atoms with van der Waals surface area (Å²) in [7, 11) is 0. The van der Waals surface area contributed by atoms with Gasteiger partial charge in [-0.15, -0.1) is 0 Å². The van der Waals surface area contributed by atoms with Crippen molar-refractivity contribution in [3.8, 4) is 0 Å². The molecule has 4 aliphatic carbocycles. The molecule has 0 spiro atoms. The van der Waals surface area contributed by atoms with Crippen molar-refractivity contribution in [3.05, 3.63) is 0 Å². The molecule has 1 amide bonds. The second-order valence-corrected chi connectivity index (χ2v) is 11.9. The van der Waals surface area contributed by atoms with Gasteiger partial charge in [-0.3, -0.25) is 14.5 Å². The van der Waals surface area contributed by atoms with E-state index >= 15 is 0 Å². The van der Waals surface area contributed by atoms with Crippen LogP contribution in [0.3, 0.4) is 0 Å². The van der Waals surface area contributed by atoms with Crippen LogP contribution in [0.4, 0.5) is 0 Å². The quantitative estimate of drug-likeness (QED) is 0.646. The summed E-state index contributed by atoms with van der Waals surface area (Å²) in [4.78, 5) is 28.5. The van der Waals surface area contributed by atoms with E-state index in [1.54, 1.807) is 0 Å². The van der Waals surface area contributed by atoms with Crippen molar-refractivity contribution in [2.45, 2.75) is 71.6 Å². The molecule has 4 saturated carbocycles. The number of ketones is 1. The third-order valence-electron chi connectivity index (χ3n) is 10.5. The zero-order chi connectivity index (χ0) is 20.9. The first-order valence-corrected chi connectivity index (χ1v) is 12.9. The fraction of sp³-hybridized carbons (Fsp3) is 0.923. The Bertz CT molecular complexity index is 657. The zero-order valence-corrected chi connectivity index (χ0v) is 19.2. The number of carbonyl (C=O) groups excluding carboxylic acids is 2. The largest absolute Gasteiger partial charge is 0.343 e. The molecule has 4 heteroatoms. The summed E-state index contributed by atoms with van der Waals surface area (Å²) in [6.07, 6.45) is 13.3. The van der Waals surface area contributed by atoms with Crippen LogP contribution in [0.25, 0.3) is 0 Å². The lowest BCUT2D eigenvalue weighted by Crippen LogP contribution is -2.51. The lowest BCUT2D eigenvalue weighted by molar-refractivity contribution is -0.132. The van der Waals surface area contributed by atoms with E-state index in [0.717, 1.165) is 74.5 Å². The van der Waals surface area contributed by atoms with Gasteiger partial charge < -0.3 is 4.90 Å². The number of fused-ring (bicyclic) bond motifs is 5. The first kappa shape index (κ1) is 21.0. The SMILES string of the molecule is CC1CCC2C(CCC3C2CCC2(C)C(C(=O)CN4CCN(C=O)CC4)CCC32)C1. The molecule has 0 aromatic heterocycles. The molecule has 0 N–H and O–H groups in total. The highest BCUT2D eigenvalue weighted by atomic mass is 16.1. The number of amides is 1. The predicted octanol–water partition coefficient (Wildman–Crippen LogP) is 4.23. The number of carbonyl (C=O) groups is 2. The number of piperazine rings is 1. The average Bonchev–Trinajstić information content (AvgIpc) is 3.11. The molecule has 1 saturated heterocycles. The number of Topliss-reactive ketones (excluding diaryl/α,β-unsaturated/α-hetero) is 1. The van der Waals surface area contributed by atoms with E-state index in [1.807, 2.05) is 4.90 Å². The molecule has 5 rings (SSSR count). The normalized spacial score (nSPS) is 46.6. The zero-order valence-electron chi connectivity index (χ0n) is 19.2. The van der Waals surface area contributed by atoms with Gasteiger partial charge in [0.1, 0.15) is 5.78 Å². The Morgan fingerprint density at radius 2 is 1.70 bits per heavy atom. The molecule has 0 aromatic rings. The molecule has 1 heterocycles. The fourth-order valence-corrected chi connectivity index (χ4v) is 8.97. The van der Waals surface area contributed by atoms with Crippen molar-refractivity contribution in [2.75, 3.05) is 32.7 Å². The smallest absolute Gasteiger partial charge is 0.209 e. The van der Waals surface area contributed by atoms with Crippen molar-refractivity contribution in [1.82, 2.24) is 9.80 Å². The van der Waals surface area contributed by atoms with Gasteiger partial charge in [0, 0.05) is 32.1 Å². The molecule has 30 heavy (non-hydrogen) atoms. The van der Waals surface area contributed by atoms with E-state index < -0.39 is 0 Å². The minimum Gasteiger partial charge on any atom is -0.343 e. The molecule has 0 aromatic carbocycles. The molecule has 4 nitrogen and oxygen atoms in total. The standard InChI is InChI=1S/C26H42N2O2/c1-18-3-5-20-19(15-18)4-6-22-21(20)9-10-26(2)23(22)7-8-24(26)25(30)16-27-11-13-28(17-29)14-12-27/h17-24H,3-16H2,1-2H3. The highest BCUT2D eigenvalue weighted by molar-refractivity contribution is 5.84. The Morgan fingerprint density at radius 1 is 0.933 bits per heavy atom. The number of nitrogens with zero attached hydrogens (tertiary/aromatic N) is 2.